The lowest BCUT2D eigenvalue weighted by molar-refractivity contribution is 0.0845. The minimum Gasteiger partial charge on any atom is -0.496 e. The number of methoxy groups -OCH3 is 1. The molecule has 55 heavy (non-hydrogen) atoms. The van der Waals surface area contributed by atoms with E-state index in [1.54, 1.807) is 17.7 Å². The van der Waals surface area contributed by atoms with Gasteiger partial charge in [-0.1, -0.05) is 15.9 Å². The summed E-state index contributed by atoms with van der Waals surface area (Å²) < 4.78 is 21.4. The second-order valence-electron chi connectivity index (χ2n) is 14.4. The Morgan fingerprint density at radius 2 is 1.38 bits per heavy atom. The van der Waals surface area contributed by atoms with Crippen LogP contribution in [0.4, 0.5) is 11.4 Å². The lowest BCUT2D eigenvalue weighted by Gasteiger charge is -2.37. The highest BCUT2D eigenvalue weighted by atomic mass is 79.9. The molecular weight excluding hydrogens is 764 g/mol. The van der Waals surface area contributed by atoms with E-state index in [0.717, 1.165) is 91.8 Å². The van der Waals surface area contributed by atoms with Gasteiger partial charge in [0.2, 0.25) is 0 Å². The van der Waals surface area contributed by atoms with Crippen LogP contribution >= 0.6 is 15.9 Å². The van der Waals surface area contributed by atoms with Crippen LogP contribution in [0.15, 0.2) is 39.9 Å². The second kappa shape index (κ2) is 17.6. The summed E-state index contributed by atoms with van der Waals surface area (Å²) in [6.07, 6.45) is 7.95. The molecule has 0 atom stereocenters. The molecule has 2 saturated heterocycles. The highest BCUT2D eigenvalue weighted by Crippen LogP contribution is 2.38. The maximum atomic E-state index is 13.4. The van der Waals surface area contributed by atoms with Gasteiger partial charge in [0.05, 0.1) is 54.0 Å². The third-order valence-electron chi connectivity index (χ3n) is 11.1. The van der Waals surface area contributed by atoms with Crippen LogP contribution < -0.4 is 25.4 Å². The van der Waals surface area contributed by atoms with Crippen LogP contribution in [0.2, 0.25) is 0 Å². The Morgan fingerprint density at radius 1 is 0.873 bits per heavy atom. The normalized spacial score (nSPS) is 15.2. The number of hydrogen-bond donors (Lipinski definition) is 2. The van der Waals surface area contributed by atoms with Crippen molar-refractivity contribution in [2.45, 2.75) is 78.9 Å². The third kappa shape index (κ3) is 8.27. The Labute approximate surface area is 331 Å². The molecule has 296 valence electrons. The Kier molecular flexibility index (Phi) is 12.9. The van der Waals surface area contributed by atoms with E-state index in [-0.39, 0.29) is 18.0 Å². The molecular formula is C41H55BrN8O5. The zero-order valence-corrected chi connectivity index (χ0v) is 35.0. The van der Waals surface area contributed by atoms with Gasteiger partial charge in [-0.25, -0.2) is 0 Å². The van der Waals surface area contributed by atoms with Crippen LogP contribution in [0.1, 0.15) is 72.3 Å². The summed E-state index contributed by atoms with van der Waals surface area (Å²) in [5, 5.41) is 14.1. The first-order chi connectivity index (χ1) is 26.5. The average molecular weight is 820 g/mol. The molecule has 5 aromatic rings. The van der Waals surface area contributed by atoms with Crippen molar-refractivity contribution in [3.05, 3.63) is 73.4 Å². The van der Waals surface area contributed by atoms with Gasteiger partial charge in [-0.3, -0.25) is 19.0 Å². The number of aromatic amines is 1. The van der Waals surface area contributed by atoms with Gasteiger partial charge in [0, 0.05) is 92.2 Å². The van der Waals surface area contributed by atoms with Crippen molar-refractivity contribution in [3.63, 3.8) is 0 Å². The lowest BCUT2D eigenvalue weighted by Crippen LogP contribution is -2.40. The average Bonchev–Trinajstić information content (AvgIpc) is 3.75. The monoisotopic (exact) mass is 818 g/mol. The molecule has 2 fully saturated rings. The number of pyridine rings is 1. The SMILES string of the molecule is CCN(c1c(C)c(Br)cc2c1cnn2C)C1CCOCC1.CCN(c1c(C)c(C(=O)NCc2c(OC)cc(C)[nH]c2=O)cc2c1cnn2C)C1CCOCC1. The van der Waals surface area contributed by atoms with Crippen molar-refractivity contribution in [3.8, 4) is 5.75 Å². The summed E-state index contributed by atoms with van der Waals surface area (Å²) in [6, 6.07) is 6.69. The topological polar surface area (TPSA) is 132 Å². The molecule has 5 heterocycles. The smallest absolute Gasteiger partial charge is 0.256 e. The number of rotatable bonds is 10. The summed E-state index contributed by atoms with van der Waals surface area (Å²) in [4.78, 5) is 33.5. The number of benzene rings is 2. The fraction of sp³-hybridized carbons (Fsp3) is 0.512. The van der Waals surface area contributed by atoms with E-state index in [4.69, 9.17) is 14.2 Å². The number of hydrogen-bond acceptors (Lipinski definition) is 9. The Hall–Kier alpha value is -4.40. The van der Waals surface area contributed by atoms with Gasteiger partial charge >= 0.3 is 0 Å². The minimum atomic E-state index is -0.270. The van der Waals surface area contributed by atoms with Crippen LogP contribution in [0.5, 0.6) is 5.75 Å². The molecule has 3 aromatic heterocycles. The fourth-order valence-electron chi connectivity index (χ4n) is 8.19. The zero-order valence-electron chi connectivity index (χ0n) is 33.4. The molecule has 2 aliphatic rings. The molecule has 0 saturated carbocycles. The van der Waals surface area contributed by atoms with Gasteiger partial charge in [0.25, 0.3) is 11.5 Å². The number of carbonyl (C=O) groups excluding carboxylic acids is 1. The molecule has 0 unspecified atom stereocenters. The van der Waals surface area contributed by atoms with Crippen LogP contribution in [0.3, 0.4) is 0 Å². The van der Waals surface area contributed by atoms with Crippen molar-refractivity contribution in [2.24, 2.45) is 14.1 Å². The molecule has 0 bridgehead atoms. The van der Waals surface area contributed by atoms with Crippen molar-refractivity contribution < 1.29 is 19.0 Å². The van der Waals surface area contributed by atoms with Crippen LogP contribution in [0.25, 0.3) is 21.8 Å². The molecule has 0 aliphatic carbocycles. The summed E-state index contributed by atoms with van der Waals surface area (Å²) in [5.74, 6) is 0.213. The van der Waals surface area contributed by atoms with E-state index in [1.165, 1.54) is 29.3 Å². The number of anilines is 2. The Balaban J connectivity index is 0.000000209. The molecule has 0 radical (unpaired) electrons. The number of aromatic nitrogens is 5. The minimum absolute atomic E-state index is 0.0628. The van der Waals surface area contributed by atoms with Gasteiger partial charge < -0.3 is 34.3 Å². The van der Waals surface area contributed by atoms with Gasteiger partial charge in [-0.15, -0.1) is 0 Å². The summed E-state index contributed by atoms with van der Waals surface area (Å²) in [5.41, 5.74) is 8.00. The molecule has 2 aliphatic heterocycles. The van der Waals surface area contributed by atoms with Gasteiger partial charge in [0.1, 0.15) is 5.75 Å². The summed E-state index contributed by atoms with van der Waals surface area (Å²) >= 11 is 3.72. The van der Waals surface area contributed by atoms with Gasteiger partial charge in [-0.2, -0.15) is 10.2 Å². The summed E-state index contributed by atoms with van der Waals surface area (Å²) in [7, 11) is 5.39. The van der Waals surface area contributed by atoms with E-state index in [1.807, 2.05) is 44.2 Å². The quantitative estimate of drug-likeness (QED) is 0.163. The number of aryl methyl sites for hydroxylation is 3. The highest BCUT2D eigenvalue weighted by molar-refractivity contribution is 9.10. The van der Waals surface area contributed by atoms with Crippen LogP contribution in [-0.4, -0.2) is 89.2 Å². The Morgan fingerprint density at radius 3 is 1.89 bits per heavy atom. The molecule has 1 amide bonds. The number of ether oxygens (including phenoxy) is 3. The van der Waals surface area contributed by atoms with E-state index < -0.39 is 0 Å². The maximum Gasteiger partial charge on any atom is 0.256 e. The number of carbonyl (C=O) groups is 1. The first-order valence-corrected chi connectivity index (χ1v) is 20.1. The number of amides is 1. The molecule has 0 spiro atoms. The first-order valence-electron chi connectivity index (χ1n) is 19.3. The number of halogens is 1. The first kappa shape index (κ1) is 40.3. The van der Waals surface area contributed by atoms with E-state index in [2.05, 4.69) is 73.1 Å². The van der Waals surface area contributed by atoms with Gasteiger partial charge in [-0.05, 0) is 89.6 Å². The highest BCUT2D eigenvalue weighted by Gasteiger charge is 2.28. The lowest BCUT2D eigenvalue weighted by atomic mass is 9.98. The van der Waals surface area contributed by atoms with Crippen molar-refractivity contribution in [1.29, 1.82) is 0 Å². The van der Waals surface area contributed by atoms with Crippen LogP contribution in [-0.2, 0) is 30.1 Å². The predicted molar refractivity (Wildman–Crippen MR) is 222 cm³/mol. The summed E-state index contributed by atoms with van der Waals surface area (Å²) in [6.45, 7) is 15.4. The van der Waals surface area contributed by atoms with E-state index in [9.17, 15) is 9.59 Å². The number of H-pyrrole nitrogens is 1. The Bertz CT molecular complexity index is 2200. The molecule has 7 rings (SSSR count). The van der Waals surface area contributed by atoms with Crippen molar-refractivity contribution in [1.82, 2.24) is 29.9 Å². The second-order valence-corrected chi connectivity index (χ2v) is 15.3. The fourth-order valence-corrected chi connectivity index (χ4v) is 8.59. The van der Waals surface area contributed by atoms with Crippen molar-refractivity contribution >= 4 is 55.0 Å². The zero-order chi connectivity index (χ0) is 39.4. The van der Waals surface area contributed by atoms with E-state index >= 15 is 0 Å². The molecule has 14 heteroatoms. The maximum absolute atomic E-state index is 13.4. The van der Waals surface area contributed by atoms with Crippen molar-refractivity contribution in [2.75, 3.05) is 56.4 Å². The van der Waals surface area contributed by atoms with Gasteiger partial charge in [0.15, 0.2) is 0 Å². The largest absolute Gasteiger partial charge is 0.496 e. The number of nitrogens with one attached hydrogen (secondary N) is 2. The number of fused-ring (bicyclic) bond motifs is 2. The molecule has 2 aromatic carbocycles. The van der Waals surface area contributed by atoms with Crippen LogP contribution in [0, 0.1) is 20.8 Å². The standard InChI is InChI=1S/C25H33N5O4.C16H22BrN3O/c1-6-30(17-7-9-34-10-8-17)23-16(3)18(12-21-19(23)14-27-29(21)4)24(31)26-13-20-22(33-5)11-15(2)28-25(20)32;1-4-20(12-5-7-21-8-6-12)16-11(2)14(17)9-15-13(16)10-18-19(15)3/h11-12,14,17H,6-10,13H2,1-5H3,(H,26,31)(H,28,32);9-10,12H,4-8H2,1-3H3. The van der Waals surface area contributed by atoms with E-state index in [0.29, 0.717) is 34.7 Å². The third-order valence-corrected chi connectivity index (χ3v) is 12.0. The predicted octanol–water partition coefficient (Wildman–Crippen LogP) is 6.47. The number of nitrogens with zero attached hydrogens (tertiary/aromatic N) is 6. The molecule has 2 N–H and O–H groups in total. The molecule has 13 nitrogen and oxygen atoms in total.